The average Bonchev–Trinajstić information content (AvgIpc) is 3.47. The van der Waals surface area contributed by atoms with Gasteiger partial charge in [-0.05, 0) is 73.2 Å². The maximum atomic E-state index is 15.3. The third kappa shape index (κ3) is 10.9. The first-order chi connectivity index (χ1) is 26.9. The molecule has 2 fully saturated rings. The molecule has 4 aromatic rings. The van der Waals surface area contributed by atoms with Crippen molar-refractivity contribution in [3.63, 3.8) is 0 Å². The highest BCUT2D eigenvalue weighted by atomic mass is 19.4. The van der Waals surface area contributed by atoms with Gasteiger partial charge in [-0.2, -0.15) is 26.3 Å². The fraction of sp³-hybridized carbons (Fsp3) is 0.357. The average molecular weight is 797 g/mol. The Morgan fingerprint density at radius 3 is 1.33 bits per heavy atom. The zero-order chi connectivity index (χ0) is 41.0. The molecule has 9 nitrogen and oxygen atoms in total. The van der Waals surface area contributed by atoms with E-state index in [2.05, 4.69) is 0 Å². The number of benzene rings is 4. The minimum Gasteiger partial charge on any atom is -0.343 e. The number of alkyl halides is 6. The molecule has 15 heteroatoms. The van der Waals surface area contributed by atoms with Gasteiger partial charge >= 0.3 is 18.4 Å². The Kier molecular flexibility index (Phi) is 12.3. The van der Waals surface area contributed by atoms with Crippen LogP contribution in [0.4, 0.5) is 31.1 Å². The van der Waals surface area contributed by atoms with Crippen LogP contribution in [0.3, 0.4) is 0 Å². The van der Waals surface area contributed by atoms with E-state index in [1.807, 2.05) is 71.3 Å². The van der Waals surface area contributed by atoms with Crippen LogP contribution in [0.2, 0.25) is 0 Å². The summed E-state index contributed by atoms with van der Waals surface area (Å²) in [5.41, 5.74) is 2.63. The van der Waals surface area contributed by atoms with Gasteiger partial charge in [0.1, 0.15) is 25.3 Å². The smallest absolute Gasteiger partial charge is 0.343 e. The SMILES string of the molecule is CC1(C)O[C@@H]2[C@@H](O1)[C@@H](Cc1ccccc1)N(Cc1cccc(C(=O)NCC(F)(F)F)c1)C(=O)N(Cc1cccc(C(=O)NCC(F)(F)F)c1)[C@@H]2Cc1ccccc1. The molecule has 2 saturated heterocycles. The Balaban J connectivity index is 1.44. The third-order valence-corrected chi connectivity index (χ3v) is 9.77. The molecule has 2 aliphatic heterocycles. The minimum absolute atomic E-state index is 0.0301. The Bertz CT molecular complexity index is 1890. The molecular formula is C42H42F6N4O5. The topological polar surface area (TPSA) is 100 Å². The molecule has 0 saturated carbocycles. The molecule has 4 atom stereocenters. The van der Waals surface area contributed by atoms with Crippen LogP contribution in [-0.2, 0) is 35.4 Å². The van der Waals surface area contributed by atoms with Crippen molar-refractivity contribution in [3.8, 4) is 0 Å². The number of carbonyl (C=O) groups is 3. The zero-order valence-electron chi connectivity index (χ0n) is 31.1. The molecule has 0 spiro atoms. The van der Waals surface area contributed by atoms with E-state index in [0.29, 0.717) is 24.0 Å². The molecule has 2 aliphatic rings. The second kappa shape index (κ2) is 17.0. The molecule has 0 aromatic heterocycles. The van der Waals surface area contributed by atoms with Gasteiger partial charge in [0.25, 0.3) is 11.8 Å². The summed E-state index contributed by atoms with van der Waals surface area (Å²) in [6.07, 6.45) is -10.0. The van der Waals surface area contributed by atoms with Crippen LogP contribution in [0.15, 0.2) is 109 Å². The number of hydrogen-bond acceptors (Lipinski definition) is 5. The van der Waals surface area contributed by atoms with E-state index in [-0.39, 0.29) is 24.2 Å². The van der Waals surface area contributed by atoms with E-state index >= 15 is 4.79 Å². The fourth-order valence-electron chi connectivity index (χ4n) is 7.33. The van der Waals surface area contributed by atoms with Crippen LogP contribution in [-0.4, -0.2) is 83.2 Å². The summed E-state index contributed by atoms with van der Waals surface area (Å²) in [7, 11) is 0. The van der Waals surface area contributed by atoms with Crippen molar-refractivity contribution >= 4 is 17.8 Å². The molecule has 4 aromatic carbocycles. The highest BCUT2D eigenvalue weighted by Gasteiger charge is 2.55. The summed E-state index contributed by atoms with van der Waals surface area (Å²) in [5.74, 6) is -2.96. The highest BCUT2D eigenvalue weighted by Crippen LogP contribution is 2.40. The van der Waals surface area contributed by atoms with Gasteiger partial charge in [0, 0.05) is 24.2 Å². The lowest BCUT2D eigenvalue weighted by molar-refractivity contribution is -0.157. The van der Waals surface area contributed by atoms with E-state index in [9.17, 15) is 35.9 Å². The molecular weight excluding hydrogens is 754 g/mol. The summed E-state index contributed by atoms with van der Waals surface area (Å²) in [6.45, 7) is 0.362. The standard InChI is InChI=1S/C42H42F6N4O5/c1-40(2)56-35-33(21-27-11-5-3-6-12-27)51(23-29-15-9-17-31(19-29)37(53)49-25-41(43,44)45)39(55)52(34(36(35)57-40)22-28-13-7-4-8-14-28)24-30-16-10-18-32(20-30)38(54)50-26-42(46,47)48/h3-20,33-36H,21-26H2,1-2H3,(H,49,53)(H,50,54)/t33-,34-,35+,36+/m1/s1. The van der Waals surface area contributed by atoms with Crippen LogP contribution in [0, 0.1) is 0 Å². The van der Waals surface area contributed by atoms with Crippen molar-refractivity contribution in [2.75, 3.05) is 13.1 Å². The lowest BCUT2D eigenvalue weighted by Crippen LogP contribution is -2.51. The van der Waals surface area contributed by atoms with Gasteiger partial charge in [0.15, 0.2) is 5.79 Å². The van der Waals surface area contributed by atoms with Crippen molar-refractivity contribution in [3.05, 3.63) is 143 Å². The second-order valence-electron chi connectivity index (χ2n) is 14.6. The van der Waals surface area contributed by atoms with E-state index < -0.39 is 73.4 Å². The number of amides is 4. The first-order valence-electron chi connectivity index (χ1n) is 18.3. The fourth-order valence-corrected chi connectivity index (χ4v) is 7.33. The Morgan fingerprint density at radius 1 is 0.596 bits per heavy atom. The van der Waals surface area contributed by atoms with Crippen molar-refractivity contribution in [1.82, 2.24) is 20.4 Å². The highest BCUT2D eigenvalue weighted by molar-refractivity contribution is 5.95. The van der Waals surface area contributed by atoms with Gasteiger partial charge in [0.05, 0.1) is 12.1 Å². The molecule has 0 unspecified atom stereocenters. The Morgan fingerprint density at radius 2 is 0.965 bits per heavy atom. The normalized spacial score (nSPS) is 20.8. The maximum absolute atomic E-state index is 15.3. The predicted octanol–water partition coefficient (Wildman–Crippen LogP) is 7.45. The van der Waals surface area contributed by atoms with Crippen molar-refractivity contribution in [1.29, 1.82) is 0 Å². The van der Waals surface area contributed by atoms with Gasteiger partial charge in [-0.1, -0.05) is 84.9 Å². The molecule has 4 amide bonds. The van der Waals surface area contributed by atoms with Crippen LogP contribution in [0.25, 0.3) is 0 Å². The number of fused-ring (bicyclic) bond motifs is 1. The molecule has 0 radical (unpaired) electrons. The largest absolute Gasteiger partial charge is 0.405 e. The summed E-state index contributed by atoms with van der Waals surface area (Å²) in [5, 5.41) is 3.77. The Hall–Kier alpha value is -5.41. The van der Waals surface area contributed by atoms with Gasteiger partial charge in [-0.15, -0.1) is 0 Å². The number of ether oxygens (including phenoxy) is 2. The summed E-state index contributed by atoms with van der Waals surface area (Å²) in [4.78, 5) is 44.2. The first kappa shape index (κ1) is 41.2. The van der Waals surface area contributed by atoms with Gasteiger partial charge in [0.2, 0.25) is 0 Å². The van der Waals surface area contributed by atoms with Crippen LogP contribution in [0.5, 0.6) is 0 Å². The van der Waals surface area contributed by atoms with Gasteiger partial charge in [-0.3, -0.25) is 9.59 Å². The van der Waals surface area contributed by atoms with Crippen molar-refractivity contribution in [2.45, 2.75) is 82.2 Å². The number of nitrogens with zero attached hydrogens (tertiary/aromatic N) is 2. The van der Waals surface area contributed by atoms with E-state index in [4.69, 9.17) is 9.47 Å². The van der Waals surface area contributed by atoms with Crippen molar-refractivity contribution < 1.29 is 50.2 Å². The Labute approximate surface area is 325 Å². The summed E-state index contributed by atoms with van der Waals surface area (Å²) in [6, 6.07) is 29.1. The van der Waals surface area contributed by atoms with Crippen LogP contribution < -0.4 is 10.6 Å². The summed E-state index contributed by atoms with van der Waals surface area (Å²) >= 11 is 0. The molecule has 302 valence electrons. The number of halogens is 6. The minimum atomic E-state index is -4.61. The lowest BCUT2D eigenvalue weighted by Gasteiger charge is -2.37. The number of carbonyl (C=O) groups excluding carboxylic acids is 3. The van der Waals surface area contributed by atoms with Gasteiger partial charge < -0.3 is 29.9 Å². The summed E-state index contributed by atoms with van der Waals surface area (Å²) < 4.78 is 91.0. The molecule has 2 heterocycles. The monoisotopic (exact) mass is 796 g/mol. The predicted molar refractivity (Wildman–Crippen MR) is 198 cm³/mol. The molecule has 0 bridgehead atoms. The van der Waals surface area contributed by atoms with Crippen LogP contribution in [0.1, 0.15) is 56.8 Å². The zero-order valence-corrected chi connectivity index (χ0v) is 31.1. The lowest BCUT2D eigenvalue weighted by atomic mass is 9.90. The molecule has 6 rings (SSSR count). The maximum Gasteiger partial charge on any atom is 0.405 e. The van der Waals surface area contributed by atoms with Gasteiger partial charge in [-0.25, -0.2) is 4.79 Å². The number of rotatable bonds is 12. The van der Waals surface area contributed by atoms with Crippen LogP contribution >= 0.6 is 0 Å². The molecule has 0 aliphatic carbocycles. The second-order valence-corrected chi connectivity index (χ2v) is 14.6. The van der Waals surface area contributed by atoms with Crippen molar-refractivity contribution in [2.24, 2.45) is 0 Å². The van der Waals surface area contributed by atoms with E-state index in [1.54, 1.807) is 35.8 Å². The number of hydrogen-bond donors (Lipinski definition) is 2. The quantitative estimate of drug-likeness (QED) is 0.145. The third-order valence-electron chi connectivity index (χ3n) is 9.77. The molecule has 2 N–H and O–H groups in total. The number of urea groups is 1. The van der Waals surface area contributed by atoms with E-state index in [1.165, 1.54) is 36.4 Å². The van der Waals surface area contributed by atoms with E-state index in [0.717, 1.165) is 11.1 Å². The molecule has 57 heavy (non-hydrogen) atoms. The number of nitrogens with one attached hydrogen (secondary N) is 2. The first-order valence-corrected chi connectivity index (χ1v) is 18.3.